The van der Waals surface area contributed by atoms with Gasteiger partial charge in [0.1, 0.15) is 6.10 Å². The van der Waals surface area contributed by atoms with Crippen LogP contribution in [0.2, 0.25) is 0 Å². The number of allylic oxidation sites excluding steroid dienone is 1. The van der Waals surface area contributed by atoms with Gasteiger partial charge in [0, 0.05) is 6.42 Å². The quantitative estimate of drug-likeness (QED) is 0.448. The molecule has 0 saturated heterocycles. The number of ether oxygens (including phenoxy) is 1. The van der Waals surface area contributed by atoms with E-state index in [-0.39, 0.29) is 12.1 Å². The van der Waals surface area contributed by atoms with Crippen molar-refractivity contribution in [3.05, 3.63) is 12.7 Å². The van der Waals surface area contributed by atoms with E-state index in [0.717, 1.165) is 37.0 Å². The predicted octanol–water partition coefficient (Wildman–Crippen LogP) is 5.66. The first-order valence-electron chi connectivity index (χ1n) is 9.47. The van der Waals surface area contributed by atoms with Crippen LogP contribution in [0.5, 0.6) is 0 Å². The number of esters is 1. The van der Waals surface area contributed by atoms with Crippen LogP contribution in [0.15, 0.2) is 12.7 Å². The smallest absolute Gasteiger partial charge is 0.306 e. The van der Waals surface area contributed by atoms with Gasteiger partial charge < -0.3 is 4.74 Å². The summed E-state index contributed by atoms with van der Waals surface area (Å²) in [5, 5.41) is 0. The van der Waals surface area contributed by atoms with Crippen molar-refractivity contribution in [1.82, 2.24) is 0 Å². The van der Waals surface area contributed by atoms with Crippen LogP contribution in [0.3, 0.4) is 0 Å². The van der Waals surface area contributed by atoms with Crippen molar-refractivity contribution >= 4 is 5.97 Å². The largest absolute Gasteiger partial charge is 0.462 e. The standard InChI is InChI=1S/C20H34O2/c1-3-4-5-20(21)22-19-14-12-18(13-15-19)11-10-17-8-6-16(2)7-9-17/h3,16-19H,1,4-15H2,2H3/t16-,17-,18?,19?. The lowest BCUT2D eigenvalue weighted by Crippen LogP contribution is -2.25. The van der Waals surface area contributed by atoms with Crippen molar-refractivity contribution < 1.29 is 9.53 Å². The second-order valence-corrected chi connectivity index (χ2v) is 7.66. The Balaban J connectivity index is 1.57. The molecule has 0 aromatic carbocycles. The van der Waals surface area contributed by atoms with E-state index in [1.807, 2.05) is 0 Å². The van der Waals surface area contributed by atoms with E-state index in [9.17, 15) is 4.79 Å². The van der Waals surface area contributed by atoms with Gasteiger partial charge in [0.2, 0.25) is 0 Å². The van der Waals surface area contributed by atoms with Crippen molar-refractivity contribution in [2.45, 2.75) is 90.1 Å². The summed E-state index contributed by atoms with van der Waals surface area (Å²) in [6.45, 7) is 6.04. The first-order chi connectivity index (χ1) is 10.7. The van der Waals surface area contributed by atoms with Gasteiger partial charge >= 0.3 is 5.97 Å². The molecule has 0 radical (unpaired) electrons. The van der Waals surface area contributed by atoms with Gasteiger partial charge in [-0.05, 0) is 49.9 Å². The highest BCUT2D eigenvalue weighted by molar-refractivity contribution is 5.69. The van der Waals surface area contributed by atoms with Gasteiger partial charge in [-0.1, -0.05) is 51.5 Å². The highest BCUT2D eigenvalue weighted by Gasteiger charge is 2.25. The van der Waals surface area contributed by atoms with E-state index in [1.165, 1.54) is 51.4 Å². The third-order valence-electron chi connectivity index (χ3n) is 5.76. The third kappa shape index (κ3) is 6.14. The Morgan fingerprint density at radius 2 is 1.55 bits per heavy atom. The molecule has 2 aliphatic rings. The van der Waals surface area contributed by atoms with Gasteiger partial charge in [0.15, 0.2) is 0 Å². The van der Waals surface area contributed by atoms with Crippen LogP contribution in [0.4, 0.5) is 0 Å². The van der Waals surface area contributed by atoms with Crippen LogP contribution in [0, 0.1) is 17.8 Å². The minimum absolute atomic E-state index is 0.0420. The molecule has 0 atom stereocenters. The molecular formula is C20H34O2. The molecule has 2 nitrogen and oxygen atoms in total. The highest BCUT2D eigenvalue weighted by atomic mass is 16.5. The molecule has 0 amide bonds. The fraction of sp³-hybridized carbons (Fsp3) is 0.850. The van der Waals surface area contributed by atoms with E-state index in [2.05, 4.69) is 13.5 Å². The number of carbonyl (C=O) groups excluding carboxylic acids is 1. The maximum Gasteiger partial charge on any atom is 0.306 e. The molecule has 0 aromatic heterocycles. The monoisotopic (exact) mass is 306 g/mol. The zero-order valence-electron chi connectivity index (χ0n) is 14.4. The van der Waals surface area contributed by atoms with Crippen LogP contribution < -0.4 is 0 Å². The van der Waals surface area contributed by atoms with Crippen LogP contribution >= 0.6 is 0 Å². The maximum atomic E-state index is 11.6. The predicted molar refractivity (Wildman–Crippen MR) is 91.6 cm³/mol. The zero-order valence-corrected chi connectivity index (χ0v) is 14.4. The highest BCUT2D eigenvalue weighted by Crippen LogP contribution is 2.35. The molecule has 126 valence electrons. The fourth-order valence-corrected chi connectivity index (χ4v) is 4.09. The summed E-state index contributed by atoms with van der Waals surface area (Å²) in [7, 11) is 0. The van der Waals surface area contributed by atoms with Crippen molar-refractivity contribution in [2.24, 2.45) is 17.8 Å². The average Bonchev–Trinajstić information content (AvgIpc) is 2.54. The molecule has 2 saturated carbocycles. The van der Waals surface area contributed by atoms with Crippen molar-refractivity contribution in [2.75, 3.05) is 0 Å². The van der Waals surface area contributed by atoms with E-state index in [0.29, 0.717) is 6.42 Å². The van der Waals surface area contributed by atoms with Crippen LogP contribution in [-0.4, -0.2) is 12.1 Å². The molecule has 2 heteroatoms. The van der Waals surface area contributed by atoms with Gasteiger partial charge in [0.05, 0.1) is 0 Å². The maximum absolute atomic E-state index is 11.6. The minimum Gasteiger partial charge on any atom is -0.462 e. The van der Waals surface area contributed by atoms with E-state index in [1.54, 1.807) is 6.08 Å². The van der Waals surface area contributed by atoms with Gasteiger partial charge in [-0.15, -0.1) is 6.58 Å². The van der Waals surface area contributed by atoms with Crippen molar-refractivity contribution in [3.8, 4) is 0 Å². The summed E-state index contributed by atoms with van der Waals surface area (Å²) in [5.74, 6) is 2.79. The summed E-state index contributed by atoms with van der Waals surface area (Å²) in [5.41, 5.74) is 0. The molecular weight excluding hydrogens is 272 g/mol. The molecule has 0 aromatic rings. The average molecular weight is 306 g/mol. The topological polar surface area (TPSA) is 26.3 Å². The van der Waals surface area contributed by atoms with Gasteiger partial charge in [0.25, 0.3) is 0 Å². The lowest BCUT2D eigenvalue weighted by atomic mass is 9.77. The lowest BCUT2D eigenvalue weighted by Gasteiger charge is -2.31. The molecule has 0 unspecified atom stereocenters. The van der Waals surface area contributed by atoms with Gasteiger partial charge in [-0.25, -0.2) is 0 Å². The first kappa shape index (κ1) is 17.6. The Kier molecular flexibility index (Phi) is 7.48. The summed E-state index contributed by atoms with van der Waals surface area (Å²) >= 11 is 0. The zero-order chi connectivity index (χ0) is 15.8. The minimum atomic E-state index is -0.0420. The number of carbonyl (C=O) groups is 1. The van der Waals surface area contributed by atoms with Crippen LogP contribution in [-0.2, 0) is 9.53 Å². The Hall–Kier alpha value is -0.790. The van der Waals surface area contributed by atoms with Gasteiger partial charge in [-0.2, -0.15) is 0 Å². The molecule has 2 rings (SSSR count). The number of rotatable bonds is 7. The number of hydrogen-bond donors (Lipinski definition) is 0. The summed E-state index contributed by atoms with van der Waals surface area (Å²) < 4.78 is 5.56. The SMILES string of the molecule is C=CCCC(=O)OC1CCC(CC[C@H]2CC[C@H](C)CC2)CC1. The Bertz CT molecular complexity index is 334. The van der Waals surface area contributed by atoms with E-state index >= 15 is 0 Å². The Morgan fingerprint density at radius 1 is 1.00 bits per heavy atom. The Morgan fingerprint density at radius 3 is 2.09 bits per heavy atom. The normalized spacial score (nSPS) is 32.4. The molecule has 0 bridgehead atoms. The van der Waals surface area contributed by atoms with Crippen molar-refractivity contribution in [1.29, 1.82) is 0 Å². The third-order valence-corrected chi connectivity index (χ3v) is 5.76. The molecule has 0 N–H and O–H groups in total. The van der Waals surface area contributed by atoms with Crippen LogP contribution in [0.1, 0.15) is 84.0 Å². The molecule has 0 aliphatic heterocycles. The summed E-state index contributed by atoms with van der Waals surface area (Å²) in [6.07, 6.45) is 16.5. The number of hydrogen-bond acceptors (Lipinski definition) is 2. The summed E-state index contributed by atoms with van der Waals surface area (Å²) in [6, 6.07) is 0. The van der Waals surface area contributed by atoms with Crippen LogP contribution in [0.25, 0.3) is 0 Å². The Labute approximate surface area is 136 Å². The first-order valence-corrected chi connectivity index (χ1v) is 9.47. The molecule has 2 fully saturated rings. The second kappa shape index (κ2) is 9.37. The van der Waals surface area contributed by atoms with Crippen molar-refractivity contribution in [3.63, 3.8) is 0 Å². The molecule has 22 heavy (non-hydrogen) atoms. The van der Waals surface area contributed by atoms with Gasteiger partial charge in [-0.3, -0.25) is 4.79 Å². The molecule has 0 heterocycles. The van der Waals surface area contributed by atoms with E-state index in [4.69, 9.17) is 4.74 Å². The lowest BCUT2D eigenvalue weighted by molar-refractivity contribution is -0.150. The molecule has 0 spiro atoms. The second-order valence-electron chi connectivity index (χ2n) is 7.66. The summed E-state index contributed by atoms with van der Waals surface area (Å²) in [4.78, 5) is 11.6. The van der Waals surface area contributed by atoms with E-state index < -0.39 is 0 Å². The molecule has 2 aliphatic carbocycles. The fourth-order valence-electron chi connectivity index (χ4n) is 4.09.